The van der Waals surface area contributed by atoms with Crippen LogP contribution in [0.5, 0.6) is 0 Å². The minimum absolute atomic E-state index is 0.00712. The van der Waals surface area contributed by atoms with Crippen LogP contribution < -0.4 is 11.1 Å². The van der Waals surface area contributed by atoms with Gasteiger partial charge in [0.25, 0.3) is 5.91 Å². The Hall–Kier alpha value is -1.96. The summed E-state index contributed by atoms with van der Waals surface area (Å²) in [7, 11) is 0. The molecular weight excluding hydrogens is 336 g/mol. The lowest BCUT2D eigenvalue weighted by molar-refractivity contribution is -0.126. The molecule has 132 valence electrons. The molecule has 2 atom stereocenters. The third-order valence-corrected chi connectivity index (χ3v) is 4.83. The summed E-state index contributed by atoms with van der Waals surface area (Å²) in [6, 6.07) is 9.58. The number of amides is 1. The highest BCUT2D eigenvalue weighted by atomic mass is 32.2. The van der Waals surface area contributed by atoms with Gasteiger partial charge in [-0.1, -0.05) is 0 Å². The highest BCUT2D eigenvalue weighted by Crippen LogP contribution is 2.27. The van der Waals surface area contributed by atoms with Crippen LogP contribution in [-0.4, -0.2) is 34.6 Å². The number of benzene rings is 1. The largest absolute Gasteiger partial charge is 0.364 e. The molecule has 0 radical (unpaired) electrons. The molecule has 2 aromatic rings. The van der Waals surface area contributed by atoms with Crippen molar-refractivity contribution >= 4 is 23.4 Å². The maximum absolute atomic E-state index is 12.2. The van der Waals surface area contributed by atoms with E-state index >= 15 is 0 Å². The molecule has 0 saturated carbocycles. The van der Waals surface area contributed by atoms with Crippen LogP contribution in [0.2, 0.25) is 0 Å². The van der Waals surface area contributed by atoms with Crippen LogP contribution in [0.1, 0.15) is 24.2 Å². The number of aromatic nitrogens is 2. The molecule has 1 aliphatic heterocycles. The molecular formula is C18H22N4O2S. The van der Waals surface area contributed by atoms with E-state index in [2.05, 4.69) is 15.3 Å². The van der Waals surface area contributed by atoms with Crippen LogP contribution in [0.15, 0.2) is 40.4 Å². The summed E-state index contributed by atoms with van der Waals surface area (Å²) in [5.74, 6) is -0.117. The van der Waals surface area contributed by atoms with Crippen LogP contribution in [0.25, 0.3) is 0 Å². The van der Waals surface area contributed by atoms with Crippen molar-refractivity contribution in [1.82, 2.24) is 9.97 Å². The van der Waals surface area contributed by atoms with Gasteiger partial charge in [-0.05, 0) is 68.8 Å². The predicted molar refractivity (Wildman–Crippen MR) is 97.7 cm³/mol. The fraction of sp³-hybridized carbons (Fsp3) is 0.389. The second-order valence-electron chi connectivity index (χ2n) is 6.11. The van der Waals surface area contributed by atoms with E-state index in [1.165, 1.54) is 11.8 Å². The second kappa shape index (κ2) is 7.95. The molecule has 2 heterocycles. The van der Waals surface area contributed by atoms with E-state index in [9.17, 15) is 4.79 Å². The van der Waals surface area contributed by atoms with Gasteiger partial charge in [0, 0.05) is 28.5 Å². The van der Waals surface area contributed by atoms with Crippen molar-refractivity contribution in [2.45, 2.75) is 48.9 Å². The van der Waals surface area contributed by atoms with Crippen LogP contribution >= 0.6 is 11.8 Å². The Balaban J connectivity index is 1.59. The van der Waals surface area contributed by atoms with Crippen molar-refractivity contribution < 1.29 is 9.53 Å². The number of anilines is 1. The van der Waals surface area contributed by atoms with Gasteiger partial charge in [0.05, 0.1) is 6.10 Å². The first-order valence-corrected chi connectivity index (χ1v) is 9.12. The highest BCUT2D eigenvalue weighted by Gasteiger charge is 2.29. The first kappa shape index (κ1) is 17.8. The SMILES string of the molecule is Cc1cc(C)nc(Sc2ccc(NC(=O)[C@@H]3CC[C@H](CN)O3)cc2)n1. The molecule has 25 heavy (non-hydrogen) atoms. The minimum atomic E-state index is -0.411. The Morgan fingerprint density at radius 2 is 1.92 bits per heavy atom. The number of nitrogens with one attached hydrogen (secondary N) is 1. The fourth-order valence-corrected chi connectivity index (χ4v) is 3.61. The Bertz CT molecular complexity index is 731. The molecule has 3 rings (SSSR count). The van der Waals surface area contributed by atoms with Gasteiger partial charge in [-0.15, -0.1) is 0 Å². The van der Waals surface area contributed by atoms with E-state index in [-0.39, 0.29) is 12.0 Å². The maximum Gasteiger partial charge on any atom is 0.253 e. The van der Waals surface area contributed by atoms with Gasteiger partial charge in [-0.25, -0.2) is 9.97 Å². The monoisotopic (exact) mass is 358 g/mol. The lowest BCUT2D eigenvalue weighted by atomic mass is 10.2. The van der Waals surface area contributed by atoms with Crippen LogP contribution in [0.4, 0.5) is 5.69 Å². The second-order valence-corrected chi connectivity index (χ2v) is 7.15. The standard InChI is InChI=1S/C18H22N4O2S/c1-11-9-12(2)21-18(20-11)25-15-6-3-13(4-7-15)22-17(23)16-8-5-14(10-19)24-16/h3-4,6-7,9,14,16H,5,8,10,19H2,1-2H3,(H,22,23)/t14-,16+/m1/s1. The third-order valence-electron chi connectivity index (χ3n) is 3.96. The summed E-state index contributed by atoms with van der Waals surface area (Å²) in [6.45, 7) is 4.37. The topological polar surface area (TPSA) is 90.1 Å². The smallest absolute Gasteiger partial charge is 0.253 e. The molecule has 0 unspecified atom stereocenters. The number of ether oxygens (including phenoxy) is 1. The number of rotatable bonds is 5. The van der Waals surface area contributed by atoms with Crippen molar-refractivity contribution in [2.75, 3.05) is 11.9 Å². The molecule has 1 amide bonds. The van der Waals surface area contributed by atoms with Gasteiger partial charge in [-0.2, -0.15) is 0 Å². The van der Waals surface area contributed by atoms with Crippen LogP contribution in [0.3, 0.4) is 0 Å². The number of carbonyl (C=O) groups excluding carboxylic acids is 1. The number of hydrogen-bond acceptors (Lipinski definition) is 6. The van der Waals surface area contributed by atoms with Crippen molar-refractivity contribution in [2.24, 2.45) is 5.73 Å². The zero-order valence-electron chi connectivity index (χ0n) is 14.4. The lowest BCUT2D eigenvalue weighted by Gasteiger charge is -2.13. The summed E-state index contributed by atoms with van der Waals surface area (Å²) in [4.78, 5) is 22.1. The van der Waals surface area contributed by atoms with Gasteiger partial charge in [0.2, 0.25) is 0 Å². The zero-order valence-corrected chi connectivity index (χ0v) is 15.2. The van der Waals surface area contributed by atoms with Gasteiger partial charge < -0.3 is 15.8 Å². The van der Waals surface area contributed by atoms with E-state index in [1.807, 2.05) is 44.2 Å². The highest BCUT2D eigenvalue weighted by molar-refractivity contribution is 7.99. The van der Waals surface area contributed by atoms with E-state index in [0.717, 1.165) is 33.5 Å². The fourth-order valence-electron chi connectivity index (χ4n) is 2.75. The van der Waals surface area contributed by atoms with Crippen molar-refractivity contribution in [3.63, 3.8) is 0 Å². The number of hydrogen-bond donors (Lipinski definition) is 2. The Labute approximate surface area is 151 Å². The summed E-state index contributed by atoms with van der Waals surface area (Å²) in [6.07, 6.45) is 1.13. The Morgan fingerprint density at radius 1 is 1.24 bits per heavy atom. The molecule has 1 saturated heterocycles. The average Bonchev–Trinajstić information content (AvgIpc) is 3.05. The van der Waals surface area contributed by atoms with Gasteiger partial charge in [-0.3, -0.25) is 4.79 Å². The van der Waals surface area contributed by atoms with Crippen molar-refractivity contribution in [1.29, 1.82) is 0 Å². The first-order valence-electron chi connectivity index (χ1n) is 8.30. The first-order chi connectivity index (χ1) is 12.0. The molecule has 7 heteroatoms. The molecule has 1 aromatic carbocycles. The van der Waals surface area contributed by atoms with Crippen LogP contribution in [0, 0.1) is 13.8 Å². The molecule has 0 aliphatic carbocycles. The number of nitrogens with zero attached hydrogens (tertiary/aromatic N) is 2. The minimum Gasteiger partial charge on any atom is -0.364 e. The molecule has 0 spiro atoms. The van der Waals surface area contributed by atoms with E-state index < -0.39 is 6.10 Å². The predicted octanol–water partition coefficient (Wildman–Crippen LogP) is 2.69. The lowest BCUT2D eigenvalue weighted by Crippen LogP contribution is -2.29. The van der Waals surface area contributed by atoms with E-state index in [4.69, 9.17) is 10.5 Å². The van der Waals surface area contributed by atoms with Gasteiger partial charge >= 0.3 is 0 Å². The molecule has 0 bridgehead atoms. The Kier molecular flexibility index (Phi) is 5.67. The molecule has 1 fully saturated rings. The van der Waals surface area contributed by atoms with E-state index in [1.54, 1.807) is 0 Å². The molecule has 1 aliphatic rings. The average molecular weight is 358 g/mol. The van der Waals surface area contributed by atoms with Crippen LogP contribution in [-0.2, 0) is 9.53 Å². The zero-order chi connectivity index (χ0) is 17.8. The number of aryl methyl sites for hydroxylation is 2. The van der Waals surface area contributed by atoms with E-state index in [0.29, 0.717) is 13.0 Å². The normalized spacial score (nSPS) is 19.8. The number of carbonyl (C=O) groups is 1. The quantitative estimate of drug-likeness (QED) is 0.799. The van der Waals surface area contributed by atoms with Gasteiger partial charge in [0.15, 0.2) is 5.16 Å². The third kappa shape index (κ3) is 4.78. The van der Waals surface area contributed by atoms with Crippen molar-refractivity contribution in [3.05, 3.63) is 41.7 Å². The summed E-state index contributed by atoms with van der Waals surface area (Å²) < 4.78 is 5.61. The summed E-state index contributed by atoms with van der Waals surface area (Å²) >= 11 is 1.50. The summed E-state index contributed by atoms with van der Waals surface area (Å²) in [5, 5.41) is 3.62. The summed E-state index contributed by atoms with van der Waals surface area (Å²) in [5.41, 5.74) is 8.22. The number of nitrogens with two attached hydrogens (primary N) is 1. The maximum atomic E-state index is 12.2. The Morgan fingerprint density at radius 3 is 2.52 bits per heavy atom. The molecule has 6 nitrogen and oxygen atoms in total. The molecule has 1 aromatic heterocycles. The van der Waals surface area contributed by atoms with Gasteiger partial charge in [0.1, 0.15) is 6.10 Å². The molecule has 3 N–H and O–H groups in total. The van der Waals surface area contributed by atoms with Crippen molar-refractivity contribution in [3.8, 4) is 0 Å².